The van der Waals surface area contributed by atoms with Gasteiger partial charge >= 0.3 is 0 Å². The van der Waals surface area contributed by atoms with E-state index >= 15 is 0 Å². The molecule has 0 amide bonds. The first-order chi connectivity index (χ1) is 9.08. The summed E-state index contributed by atoms with van der Waals surface area (Å²) in [6.45, 7) is 7.48. The second kappa shape index (κ2) is 5.10. The van der Waals surface area contributed by atoms with Gasteiger partial charge in [0.1, 0.15) is 5.75 Å². The summed E-state index contributed by atoms with van der Waals surface area (Å²) in [6, 6.07) is 6.59. The number of hydrogen-bond acceptors (Lipinski definition) is 2. The first-order valence-electron chi connectivity index (χ1n) is 7.13. The molecule has 0 aliphatic carbocycles. The summed E-state index contributed by atoms with van der Waals surface area (Å²) in [4.78, 5) is 0.355. The molecule has 1 saturated heterocycles. The summed E-state index contributed by atoms with van der Waals surface area (Å²) < 4.78 is 11.5. The van der Waals surface area contributed by atoms with Crippen LogP contribution in [-0.2, 0) is 11.2 Å². The van der Waals surface area contributed by atoms with Crippen LogP contribution < -0.4 is 4.74 Å². The van der Waals surface area contributed by atoms with Crippen LogP contribution in [0.15, 0.2) is 18.2 Å². The van der Waals surface area contributed by atoms with Crippen molar-refractivity contribution in [3.8, 4) is 5.75 Å². The molecule has 0 saturated carbocycles. The second-order valence-corrected chi connectivity index (χ2v) is 6.84. The molecule has 1 fully saturated rings. The molecular formula is C16H21BrO2. The molecular weight excluding hydrogens is 304 g/mol. The maximum Gasteiger partial charge on any atom is 0.122 e. The van der Waals surface area contributed by atoms with Crippen LogP contribution in [0.2, 0.25) is 0 Å². The molecule has 19 heavy (non-hydrogen) atoms. The van der Waals surface area contributed by atoms with E-state index in [1.54, 1.807) is 0 Å². The van der Waals surface area contributed by atoms with Crippen LogP contribution >= 0.6 is 15.9 Å². The van der Waals surface area contributed by atoms with E-state index in [1.165, 1.54) is 11.1 Å². The second-order valence-electron chi connectivity index (χ2n) is 5.85. The fraction of sp³-hybridized carbons (Fsp3) is 0.625. The molecule has 1 aromatic rings. The number of alkyl halides is 1. The van der Waals surface area contributed by atoms with Crippen molar-refractivity contribution in [3.05, 3.63) is 29.3 Å². The summed E-state index contributed by atoms with van der Waals surface area (Å²) in [5.74, 6) is 2.15. The van der Waals surface area contributed by atoms with E-state index in [1.807, 2.05) is 0 Å². The summed E-state index contributed by atoms with van der Waals surface area (Å²) in [6.07, 6.45) is 1.68. The predicted octanol–water partition coefficient (Wildman–Crippen LogP) is 4.12. The zero-order valence-electron chi connectivity index (χ0n) is 11.7. The van der Waals surface area contributed by atoms with Gasteiger partial charge in [0.05, 0.1) is 18.8 Å². The lowest BCUT2D eigenvalue weighted by atomic mass is 9.84. The van der Waals surface area contributed by atoms with E-state index in [9.17, 15) is 0 Å². The topological polar surface area (TPSA) is 18.5 Å². The largest absolute Gasteiger partial charge is 0.493 e. The first kappa shape index (κ1) is 13.4. The van der Waals surface area contributed by atoms with E-state index in [-0.39, 0.29) is 0 Å². The van der Waals surface area contributed by atoms with Gasteiger partial charge in [0.25, 0.3) is 0 Å². The average Bonchev–Trinajstić information content (AvgIpc) is 2.94. The van der Waals surface area contributed by atoms with Crippen LogP contribution in [0.4, 0.5) is 0 Å². The van der Waals surface area contributed by atoms with E-state index < -0.39 is 0 Å². The van der Waals surface area contributed by atoms with E-state index in [0.29, 0.717) is 28.9 Å². The third kappa shape index (κ3) is 2.31. The molecule has 0 aromatic heterocycles. The Balaban J connectivity index is 1.85. The highest BCUT2D eigenvalue weighted by Gasteiger charge is 2.41. The Kier molecular flexibility index (Phi) is 3.61. The summed E-state index contributed by atoms with van der Waals surface area (Å²) in [5.41, 5.74) is 2.69. The molecule has 104 valence electrons. The Morgan fingerprint density at radius 2 is 2.00 bits per heavy atom. The zero-order chi connectivity index (χ0) is 13.6. The van der Waals surface area contributed by atoms with Crippen LogP contribution in [0.25, 0.3) is 0 Å². The molecule has 0 bridgehead atoms. The maximum absolute atomic E-state index is 5.97. The standard InChI is InChI=1S/C16H21BrO2/c1-9-10(2)19-11(3)15(9)16(17)13-4-5-14-12(8-13)6-7-18-14/h4-5,8-11,15-16H,6-7H2,1-3H3. The Labute approximate surface area is 123 Å². The molecule has 5 atom stereocenters. The van der Waals surface area contributed by atoms with Gasteiger partial charge in [0.2, 0.25) is 0 Å². The SMILES string of the molecule is CC1OC(C)C(C(Br)c2ccc3c(c2)CCO3)C1C. The van der Waals surface area contributed by atoms with Gasteiger partial charge in [-0.1, -0.05) is 35.0 Å². The highest BCUT2D eigenvalue weighted by atomic mass is 79.9. The minimum absolute atomic E-state index is 0.305. The smallest absolute Gasteiger partial charge is 0.122 e. The van der Waals surface area contributed by atoms with E-state index in [4.69, 9.17) is 9.47 Å². The molecule has 5 unspecified atom stereocenters. The third-order valence-corrected chi connectivity index (χ3v) is 5.83. The first-order valence-corrected chi connectivity index (χ1v) is 8.04. The number of halogens is 1. The monoisotopic (exact) mass is 324 g/mol. The zero-order valence-corrected chi connectivity index (χ0v) is 13.3. The quantitative estimate of drug-likeness (QED) is 0.762. The van der Waals surface area contributed by atoms with Crippen LogP contribution in [-0.4, -0.2) is 18.8 Å². The summed E-state index contributed by atoms with van der Waals surface area (Å²) >= 11 is 3.91. The molecule has 2 aliphatic heterocycles. The minimum Gasteiger partial charge on any atom is -0.493 e. The average molecular weight is 325 g/mol. The van der Waals surface area contributed by atoms with Crippen molar-refractivity contribution < 1.29 is 9.47 Å². The summed E-state index contributed by atoms with van der Waals surface area (Å²) in [5, 5.41) is 0. The van der Waals surface area contributed by atoms with Gasteiger partial charge in [-0.2, -0.15) is 0 Å². The molecule has 2 nitrogen and oxygen atoms in total. The maximum atomic E-state index is 5.97. The normalized spacial score (nSPS) is 34.9. The molecule has 2 aliphatic rings. The van der Waals surface area contributed by atoms with Gasteiger partial charge in [-0.15, -0.1) is 0 Å². The highest BCUT2D eigenvalue weighted by molar-refractivity contribution is 9.09. The molecule has 1 aromatic carbocycles. The van der Waals surface area contributed by atoms with Crippen molar-refractivity contribution in [2.45, 2.75) is 44.2 Å². The fourth-order valence-corrected chi connectivity index (χ4v) is 4.59. The van der Waals surface area contributed by atoms with Crippen LogP contribution in [0, 0.1) is 11.8 Å². The Hall–Kier alpha value is -0.540. The molecule has 0 N–H and O–H groups in total. The molecule has 0 spiro atoms. The van der Waals surface area contributed by atoms with Gasteiger partial charge in [-0.3, -0.25) is 0 Å². The van der Waals surface area contributed by atoms with Crippen molar-refractivity contribution in [2.75, 3.05) is 6.61 Å². The molecule has 2 heterocycles. The van der Waals surface area contributed by atoms with Crippen molar-refractivity contribution in [2.24, 2.45) is 11.8 Å². The van der Waals surface area contributed by atoms with Gasteiger partial charge in [0, 0.05) is 17.2 Å². The van der Waals surface area contributed by atoms with Gasteiger partial charge in [-0.25, -0.2) is 0 Å². The lowest BCUT2D eigenvalue weighted by molar-refractivity contribution is 0.0511. The Morgan fingerprint density at radius 3 is 2.68 bits per heavy atom. The van der Waals surface area contributed by atoms with Crippen LogP contribution in [0.1, 0.15) is 36.7 Å². The van der Waals surface area contributed by atoms with Crippen molar-refractivity contribution >= 4 is 15.9 Å². The van der Waals surface area contributed by atoms with Crippen LogP contribution in [0.5, 0.6) is 5.75 Å². The minimum atomic E-state index is 0.305. The lowest BCUT2D eigenvalue weighted by Gasteiger charge is -2.25. The number of benzene rings is 1. The van der Waals surface area contributed by atoms with E-state index in [0.717, 1.165) is 18.8 Å². The Morgan fingerprint density at radius 1 is 1.21 bits per heavy atom. The molecule has 0 radical (unpaired) electrons. The van der Waals surface area contributed by atoms with E-state index in [2.05, 4.69) is 54.9 Å². The van der Waals surface area contributed by atoms with Crippen molar-refractivity contribution in [3.63, 3.8) is 0 Å². The van der Waals surface area contributed by atoms with Crippen LogP contribution in [0.3, 0.4) is 0 Å². The number of fused-ring (bicyclic) bond motifs is 1. The number of rotatable bonds is 2. The van der Waals surface area contributed by atoms with Crippen molar-refractivity contribution in [1.29, 1.82) is 0 Å². The molecule has 3 heteroatoms. The number of hydrogen-bond donors (Lipinski definition) is 0. The number of ether oxygens (including phenoxy) is 2. The molecule has 3 rings (SSSR count). The van der Waals surface area contributed by atoms with Gasteiger partial charge in [0.15, 0.2) is 0 Å². The van der Waals surface area contributed by atoms with Crippen molar-refractivity contribution in [1.82, 2.24) is 0 Å². The Bertz CT molecular complexity index is 474. The fourth-order valence-electron chi connectivity index (χ4n) is 3.40. The van der Waals surface area contributed by atoms with Gasteiger partial charge < -0.3 is 9.47 Å². The summed E-state index contributed by atoms with van der Waals surface area (Å²) in [7, 11) is 0. The van der Waals surface area contributed by atoms with Gasteiger partial charge in [-0.05, 0) is 37.0 Å². The predicted molar refractivity (Wildman–Crippen MR) is 80.0 cm³/mol. The highest BCUT2D eigenvalue weighted by Crippen LogP contribution is 2.45. The third-order valence-electron chi connectivity index (χ3n) is 4.69. The lowest BCUT2D eigenvalue weighted by Crippen LogP contribution is -2.21.